The first kappa shape index (κ1) is 10.5. The van der Waals surface area contributed by atoms with Crippen molar-refractivity contribution in [1.82, 2.24) is 0 Å². The average Bonchev–Trinajstić information content (AvgIpc) is 2.38. The first-order valence-electron chi connectivity index (χ1n) is 5.51. The number of nitrogens with two attached hydrogens (primary N) is 1. The van der Waals surface area contributed by atoms with Crippen LogP contribution in [-0.4, -0.2) is 11.8 Å². The van der Waals surface area contributed by atoms with Crippen molar-refractivity contribution in [3.05, 3.63) is 59.7 Å². The lowest BCUT2D eigenvalue weighted by Gasteiger charge is -2.25. The summed E-state index contributed by atoms with van der Waals surface area (Å²) in [6, 6.07) is 13.4. The molecule has 2 amide bonds. The first-order chi connectivity index (χ1) is 8.66. The van der Waals surface area contributed by atoms with Crippen molar-refractivity contribution in [2.24, 2.45) is 0 Å². The molecular formula is C14H10N2O2. The van der Waals surface area contributed by atoms with E-state index in [1.54, 1.807) is 48.5 Å². The molecule has 1 heterocycles. The third-order valence-corrected chi connectivity index (χ3v) is 2.89. The Morgan fingerprint density at radius 3 is 2.06 bits per heavy atom. The monoisotopic (exact) mass is 238 g/mol. The molecule has 4 heteroatoms. The average molecular weight is 238 g/mol. The molecule has 1 aliphatic heterocycles. The van der Waals surface area contributed by atoms with Crippen molar-refractivity contribution < 1.29 is 9.59 Å². The van der Waals surface area contributed by atoms with Gasteiger partial charge >= 0.3 is 0 Å². The topological polar surface area (TPSA) is 63.4 Å². The number of carbonyl (C=O) groups is 2. The summed E-state index contributed by atoms with van der Waals surface area (Å²) >= 11 is 0. The number of rotatable bonds is 1. The summed E-state index contributed by atoms with van der Waals surface area (Å²) in [6.07, 6.45) is 0. The third kappa shape index (κ3) is 1.47. The molecule has 2 bridgehead atoms. The number of nitrogen functional groups attached to an aromatic ring is 1. The van der Waals surface area contributed by atoms with Gasteiger partial charge < -0.3 is 5.73 Å². The zero-order valence-electron chi connectivity index (χ0n) is 9.46. The molecule has 0 aliphatic carbocycles. The Balaban J connectivity index is 2.14. The van der Waals surface area contributed by atoms with Gasteiger partial charge in [-0.15, -0.1) is 0 Å². The minimum Gasteiger partial charge on any atom is -0.399 e. The highest BCUT2D eigenvalue weighted by atomic mass is 16.2. The van der Waals surface area contributed by atoms with Crippen molar-refractivity contribution in [2.45, 2.75) is 0 Å². The molecule has 0 saturated carbocycles. The van der Waals surface area contributed by atoms with Crippen molar-refractivity contribution in [2.75, 3.05) is 10.6 Å². The van der Waals surface area contributed by atoms with Crippen LogP contribution in [0, 0.1) is 0 Å². The van der Waals surface area contributed by atoms with Crippen molar-refractivity contribution in [1.29, 1.82) is 0 Å². The van der Waals surface area contributed by atoms with E-state index in [0.29, 0.717) is 22.5 Å². The van der Waals surface area contributed by atoms with Gasteiger partial charge in [-0.25, -0.2) is 4.90 Å². The fraction of sp³-hybridized carbons (Fsp3) is 0. The van der Waals surface area contributed by atoms with Gasteiger partial charge in [0, 0.05) is 16.8 Å². The van der Waals surface area contributed by atoms with Gasteiger partial charge in [-0.05, 0) is 36.4 Å². The molecule has 4 nitrogen and oxygen atoms in total. The van der Waals surface area contributed by atoms with Crippen LogP contribution in [0.2, 0.25) is 0 Å². The van der Waals surface area contributed by atoms with Crippen LogP contribution in [0.15, 0.2) is 48.5 Å². The lowest BCUT2D eigenvalue weighted by atomic mass is 10.0. The second kappa shape index (κ2) is 3.70. The number of nitrogens with zero attached hydrogens (tertiary/aromatic N) is 1. The van der Waals surface area contributed by atoms with Crippen LogP contribution in [0.3, 0.4) is 0 Å². The van der Waals surface area contributed by atoms with Gasteiger partial charge in [-0.1, -0.05) is 12.1 Å². The highest BCUT2D eigenvalue weighted by Crippen LogP contribution is 2.26. The fourth-order valence-electron chi connectivity index (χ4n) is 2.03. The molecule has 0 atom stereocenters. The van der Waals surface area contributed by atoms with Gasteiger partial charge in [-0.2, -0.15) is 0 Å². The molecule has 3 rings (SSSR count). The molecule has 18 heavy (non-hydrogen) atoms. The Kier molecular flexibility index (Phi) is 2.16. The van der Waals surface area contributed by atoms with E-state index in [1.165, 1.54) is 0 Å². The maximum atomic E-state index is 12.2. The number of carbonyl (C=O) groups excluding carboxylic acids is 2. The minimum absolute atomic E-state index is 0.321. The van der Waals surface area contributed by atoms with E-state index in [2.05, 4.69) is 0 Å². The molecular weight excluding hydrogens is 228 g/mol. The lowest BCUT2D eigenvalue weighted by molar-refractivity contribution is 0.0889. The Labute approximate surface area is 104 Å². The summed E-state index contributed by atoms with van der Waals surface area (Å²) in [7, 11) is 0. The van der Waals surface area contributed by atoms with E-state index in [0.717, 1.165) is 4.90 Å². The number of fused-ring (bicyclic) bond motifs is 2. The van der Waals surface area contributed by atoms with E-state index in [-0.39, 0.29) is 11.8 Å². The van der Waals surface area contributed by atoms with Crippen LogP contribution in [0.25, 0.3) is 0 Å². The maximum Gasteiger partial charge on any atom is 0.265 e. The number of anilines is 2. The Morgan fingerprint density at radius 2 is 1.44 bits per heavy atom. The zero-order chi connectivity index (χ0) is 12.7. The fourth-order valence-corrected chi connectivity index (χ4v) is 2.03. The quantitative estimate of drug-likeness (QED) is 0.611. The predicted octanol–water partition coefficient (Wildman–Crippen LogP) is 2.07. The highest BCUT2D eigenvalue weighted by Gasteiger charge is 2.30. The number of hydrogen-bond donors (Lipinski definition) is 1. The molecule has 2 aromatic rings. The van der Waals surface area contributed by atoms with Crippen molar-refractivity contribution in [3.63, 3.8) is 0 Å². The number of amides is 2. The SMILES string of the molecule is Nc1cccc(N2C(=O)c3cccc(c3)C2=O)c1. The number of hydrogen-bond acceptors (Lipinski definition) is 3. The third-order valence-electron chi connectivity index (χ3n) is 2.89. The summed E-state index contributed by atoms with van der Waals surface area (Å²) in [5.41, 5.74) is 7.71. The molecule has 0 saturated heterocycles. The van der Waals surface area contributed by atoms with Gasteiger partial charge in [0.2, 0.25) is 0 Å². The van der Waals surface area contributed by atoms with Crippen molar-refractivity contribution >= 4 is 23.2 Å². The zero-order valence-corrected chi connectivity index (χ0v) is 9.46. The van der Waals surface area contributed by atoms with Crippen molar-refractivity contribution in [3.8, 4) is 0 Å². The van der Waals surface area contributed by atoms with Crippen LogP contribution in [0.1, 0.15) is 20.7 Å². The van der Waals surface area contributed by atoms with Crippen LogP contribution in [-0.2, 0) is 0 Å². The van der Waals surface area contributed by atoms with Gasteiger partial charge in [0.05, 0.1) is 5.69 Å². The maximum absolute atomic E-state index is 12.2. The van der Waals surface area contributed by atoms with E-state index in [1.807, 2.05) is 0 Å². The van der Waals surface area contributed by atoms with Crippen LogP contribution >= 0.6 is 0 Å². The largest absolute Gasteiger partial charge is 0.399 e. The van der Waals surface area contributed by atoms with E-state index >= 15 is 0 Å². The molecule has 88 valence electrons. The van der Waals surface area contributed by atoms with Crippen LogP contribution < -0.4 is 10.6 Å². The highest BCUT2D eigenvalue weighted by molar-refractivity contribution is 6.28. The predicted molar refractivity (Wildman–Crippen MR) is 68.4 cm³/mol. The molecule has 0 unspecified atom stereocenters. The molecule has 1 aliphatic rings. The smallest absolute Gasteiger partial charge is 0.265 e. The van der Waals surface area contributed by atoms with Gasteiger partial charge in [-0.3, -0.25) is 9.59 Å². The summed E-state index contributed by atoms with van der Waals surface area (Å²) in [5.74, 6) is -0.641. The van der Waals surface area contributed by atoms with E-state index < -0.39 is 0 Å². The molecule has 2 N–H and O–H groups in total. The van der Waals surface area contributed by atoms with E-state index in [4.69, 9.17) is 5.73 Å². The molecule has 2 aromatic carbocycles. The van der Waals surface area contributed by atoms with Gasteiger partial charge in [0.1, 0.15) is 0 Å². The van der Waals surface area contributed by atoms with E-state index in [9.17, 15) is 9.59 Å². The molecule has 0 fully saturated rings. The summed E-state index contributed by atoms with van der Waals surface area (Å²) in [4.78, 5) is 25.5. The second-order valence-corrected chi connectivity index (χ2v) is 4.12. The second-order valence-electron chi connectivity index (χ2n) is 4.12. The Hall–Kier alpha value is -2.62. The molecule has 0 aromatic heterocycles. The normalized spacial score (nSPS) is 13.9. The summed E-state index contributed by atoms with van der Waals surface area (Å²) in [5, 5.41) is 0. The van der Waals surface area contributed by atoms with Gasteiger partial charge in [0.25, 0.3) is 11.8 Å². The van der Waals surface area contributed by atoms with Gasteiger partial charge in [0.15, 0.2) is 0 Å². The molecule has 0 spiro atoms. The lowest BCUT2D eigenvalue weighted by Crippen LogP contribution is -2.40. The minimum atomic E-state index is -0.321. The number of benzene rings is 2. The Bertz CT molecular complexity index is 633. The summed E-state index contributed by atoms with van der Waals surface area (Å²) in [6.45, 7) is 0. The first-order valence-corrected chi connectivity index (χ1v) is 5.51. The summed E-state index contributed by atoms with van der Waals surface area (Å²) < 4.78 is 0. The standard InChI is InChI=1S/C14H10N2O2/c15-11-5-2-6-12(8-11)16-13(17)9-3-1-4-10(7-9)14(16)18/h1-8H,15H2. The van der Waals surface area contributed by atoms with Crippen LogP contribution in [0.4, 0.5) is 11.4 Å². The Morgan fingerprint density at radius 1 is 0.833 bits per heavy atom. The molecule has 0 radical (unpaired) electrons. The van der Waals surface area contributed by atoms with Crippen LogP contribution in [0.5, 0.6) is 0 Å². The number of imide groups is 1.